The van der Waals surface area contributed by atoms with Crippen LogP contribution in [0.5, 0.6) is 0 Å². The van der Waals surface area contributed by atoms with E-state index in [1.165, 1.54) is 0 Å². The van der Waals surface area contributed by atoms with Gasteiger partial charge in [0.2, 0.25) is 0 Å². The third-order valence-electron chi connectivity index (χ3n) is 2.50. The van der Waals surface area contributed by atoms with Gasteiger partial charge in [-0.25, -0.2) is 0 Å². The van der Waals surface area contributed by atoms with Crippen LogP contribution in [0, 0.1) is 5.92 Å². The minimum atomic E-state index is 0.296. The van der Waals surface area contributed by atoms with Gasteiger partial charge in [-0.1, -0.05) is 38.5 Å². The van der Waals surface area contributed by atoms with E-state index in [4.69, 9.17) is 0 Å². The van der Waals surface area contributed by atoms with Crippen LogP contribution < -0.4 is 5.32 Å². The number of benzene rings is 1. The zero-order chi connectivity index (χ0) is 11.8. The summed E-state index contributed by atoms with van der Waals surface area (Å²) in [6.07, 6.45) is 2.84. The fourth-order valence-corrected chi connectivity index (χ4v) is 1.55. The Hall–Kier alpha value is -1.31. The maximum Gasteiger partial charge on any atom is 0.151 e. The summed E-state index contributed by atoms with van der Waals surface area (Å²) >= 11 is 0. The van der Waals surface area contributed by atoms with Crippen LogP contribution in [-0.2, 0) is 4.79 Å². The molecule has 0 amide bonds. The number of anilines is 1. The second-order valence-electron chi connectivity index (χ2n) is 4.54. The predicted molar refractivity (Wildman–Crippen MR) is 68.6 cm³/mol. The predicted octanol–water partition coefficient (Wildman–Crippen LogP) is 3.49. The summed E-state index contributed by atoms with van der Waals surface area (Å²) in [4.78, 5) is 11.5. The second kappa shape index (κ2) is 7.04. The molecule has 0 radical (unpaired) electrons. The van der Waals surface area contributed by atoms with Gasteiger partial charge in [0, 0.05) is 12.1 Å². The Bertz CT molecular complexity index is 306. The molecule has 88 valence electrons. The van der Waals surface area contributed by atoms with Crippen LogP contribution in [0.3, 0.4) is 0 Å². The van der Waals surface area contributed by atoms with Gasteiger partial charge in [0.05, 0.1) is 6.54 Å². The van der Waals surface area contributed by atoms with Crippen LogP contribution in [-0.4, -0.2) is 12.3 Å². The third-order valence-corrected chi connectivity index (χ3v) is 2.50. The number of nitrogens with one attached hydrogen (secondary N) is 1. The number of carbonyl (C=O) groups is 1. The first-order valence-corrected chi connectivity index (χ1v) is 5.99. The maximum atomic E-state index is 11.5. The summed E-state index contributed by atoms with van der Waals surface area (Å²) in [5.74, 6) is 0.986. The lowest BCUT2D eigenvalue weighted by Gasteiger charge is -2.06. The van der Waals surface area contributed by atoms with Gasteiger partial charge in [0.1, 0.15) is 0 Å². The van der Waals surface area contributed by atoms with Crippen molar-refractivity contribution < 1.29 is 4.79 Å². The molecular weight excluding hydrogens is 198 g/mol. The van der Waals surface area contributed by atoms with Crippen molar-refractivity contribution in [1.29, 1.82) is 0 Å². The van der Waals surface area contributed by atoms with Crippen molar-refractivity contribution in [1.82, 2.24) is 0 Å². The molecule has 0 bridgehead atoms. The smallest absolute Gasteiger partial charge is 0.151 e. The Balaban J connectivity index is 2.16. The Morgan fingerprint density at radius 1 is 1.25 bits per heavy atom. The van der Waals surface area contributed by atoms with Crippen molar-refractivity contribution in [2.24, 2.45) is 5.92 Å². The highest BCUT2D eigenvalue weighted by Gasteiger charge is 2.02. The molecule has 0 aromatic heterocycles. The number of hydrogen-bond donors (Lipinski definition) is 1. The zero-order valence-corrected chi connectivity index (χ0v) is 10.2. The van der Waals surface area contributed by atoms with E-state index in [0.29, 0.717) is 24.7 Å². The molecule has 0 aliphatic carbocycles. The van der Waals surface area contributed by atoms with E-state index in [0.717, 1.165) is 18.5 Å². The van der Waals surface area contributed by atoms with Crippen LogP contribution in [0.1, 0.15) is 33.1 Å². The molecule has 0 saturated carbocycles. The van der Waals surface area contributed by atoms with E-state index < -0.39 is 0 Å². The first-order chi connectivity index (χ1) is 7.68. The molecule has 0 saturated heterocycles. The van der Waals surface area contributed by atoms with Crippen molar-refractivity contribution in [3.05, 3.63) is 30.3 Å². The van der Waals surface area contributed by atoms with Gasteiger partial charge in [-0.2, -0.15) is 0 Å². The standard InChI is InChI=1S/C14H21NO/c1-12(2)7-6-10-14(16)11-15-13-8-4-3-5-9-13/h3-5,8-9,12,15H,6-7,10-11H2,1-2H3. The van der Waals surface area contributed by atoms with Gasteiger partial charge in [-0.15, -0.1) is 0 Å². The number of para-hydroxylation sites is 1. The molecule has 0 spiro atoms. The van der Waals surface area contributed by atoms with Crippen LogP contribution in [0.2, 0.25) is 0 Å². The number of rotatable bonds is 7. The SMILES string of the molecule is CC(C)CCCC(=O)CNc1ccccc1. The molecule has 16 heavy (non-hydrogen) atoms. The van der Waals surface area contributed by atoms with Crippen LogP contribution in [0.4, 0.5) is 5.69 Å². The van der Waals surface area contributed by atoms with E-state index in [1.807, 2.05) is 30.3 Å². The van der Waals surface area contributed by atoms with Gasteiger partial charge < -0.3 is 5.32 Å². The summed E-state index contributed by atoms with van der Waals surface area (Å²) in [7, 11) is 0. The monoisotopic (exact) mass is 219 g/mol. The average molecular weight is 219 g/mol. The van der Waals surface area contributed by atoms with E-state index in [1.54, 1.807) is 0 Å². The molecule has 1 aromatic carbocycles. The number of Topliss-reactive ketones (excluding diaryl/α,β-unsaturated/α-hetero) is 1. The van der Waals surface area contributed by atoms with E-state index in [9.17, 15) is 4.79 Å². The molecule has 0 aliphatic rings. The molecule has 0 fully saturated rings. The van der Waals surface area contributed by atoms with Crippen LogP contribution in [0.25, 0.3) is 0 Å². The Kier molecular flexibility index (Phi) is 5.62. The number of carbonyl (C=O) groups excluding carboxylic acids is 1. The van der Waals surface area contributed by atoms with Gasteiger partial charge in [0.25, 0.3) is 0 Å². The lowest BCUT2D eigenvalue weighted by Crippen LogP contribution is -2.13. The molecule has 2 heteroatoms. The molecule has 0 aliphatic heterocycles. The topological polar surface area (TPSA) is 29.1 Å². The third kappa shape index (κ3) is 5.54. The molecular formula is C14H21NO. The lowest BCUT2D eigenvalue weighted by molar-refractivity contribution is -0.117. The lowest BCUT2D eigenvalue weighted by atomic mass is 10.0. The second-order valence-corrected chi connectivity index (χ2v) is 4.54. The number of hydrogen-bond acceptors (Lipinski definition) is 2. The zero-order valence-electron chi connectivity index (χ0n) is 10.2. The highest BCUT2D eigenvalue weighted by Crippen LogP contribution is 2.08. The van der Waals surface area contributed by atoms with Gasteiger partial charge in [0.15, 0.2) is 5.78 Å². The molecule has 1 N–H and O–H groups in total. The summed E-state index contributed by atoms with van der Waals surface area (Å²) in [6, 6.07) is 9.84. The Labute approximate surface area is 98.1 Å². The Morgan fingerprint density at radius 3 is 2.56 bits per heavy atom. The van der Waals surface area contributed by atoms with Crippen molar-refractivity contribution in [3.63, 3.8) is 0 Å². The molecule has 0 heterocycles. The molecule has 1 aromatic rings. The molecule has 0 atom stereocenters. The highest BCUT2D eigenvalue weighted by atomic mass is 16.1. The minimum absolute atomic E-state index is 0.296. The van der Waals surface area contributed by atoms with Gasteiger partial charge in [-0.3, -0.25) is 4.79 Å². The average Bonchev–Trinajstić information content (AvgIpc) is 2.27. The van der Waals surface area contributed by atoms with Crippen molar-refractivity contribution in [2.75, 3.05) is 11.9 Å². The maximum absolute atomic E-state index is 11.5. The first-order valence-electron chi connectivity index (χ1n) is 5.99. The highest BCUT2D eigenvalue weighted by molar-refractivity contribution is 5.82. The molecule has 2 nitrogen and oxygen atoms in total. The van der Waals surface area contributed by atoms with Gasteiger partial charge >= 0.3 is 0 Å². The van der Waals surface area contributed by atoms with E-state index >= 15 is 0 Å². The Morgan fingerprint density at radius 2 is 1.94 bits per heavy atom. The quantitative estimate of drug-likeness (QED) is 0.760. The molecule has 0 unspecified atom stereocenters. The largest absolute Gasteiger partial charge is 0.378 e. The van der Waals surface area contributed by atoms with E-state index in [2.05, 4.69) is 19.2 Å². The molecule has 1 rings (SSSR count). The van der Waals surface area contributed by atoms with Crippen LogP contribution >= 0.6 is 0 Å². The van der Waals surface area contributed by atoms with Crippen molar-refractivity contribution in [3.8, 4) is 0 Å². The van der Waals surface area contributed by atoms with E-state index in [-0.39, 0.29) is 0 Å². The van der Waals surface area contributed by atoms with Crippen molar-refractivity contribution >= 4 is 11.5 Å². The summed E-state index contributed by atoms with van der Waals surface area (Å²) < 4.78 is 0. The van der Waals surface area contributed by atoms with Gasteiger partial charge in [-0.05, 0) is 24.5 Å². The van der Waals surface area contributed by atoms with Crippen LogP contribution in [0.15, 0.2) is 30.3 Å². The minimum Gasteiger partial charge on any atom is -0.378 e. The fourth-order valence-electron chi connectivity index (χ4n) is 1.55. The fraction of sp³-hybridized carbons (Fsp3) is 0.500. The first kappa shape index (κ1) is 12.8. The summed E-state index contributed by atoms with van der Waals surface area (Å²) in [5, 5.41) is 3.13. The summed E-state index contributed by atoms with van der Waals surface area (Å²) in [5.41, 5.74) is 1.01. The normalized spacial score (nSPS) is 10.4. The van der Waals surface area contributed by atoms with Crippen molar-refractivity contribution in [2.45, 2.75) is 33.1 Å². The summed E-state index contributed by atoms with van der Waals surface area (Å²) in [6.45, 7) is 4.82. The number of ketones is 1.